The van der Waals surface area contributed by atoms with E-state index >= 15 is 0 Å². The van der Waals surface area contributed by atoms with Crippen molar-refractivity contribution in [2.75, 3.05) is 11.9 Å². The number of carbonyl (C=O) groups excluding carboxylic acids is 2. The lowest BCUT2D eigenvalue weighted by atomic mass is 10.1. The van der Waals surface area contributed by atoms with Crippen LogP contribution in [0, 0.1) is 12.7 Å². The van der Waals surface area contributed by atoms with Gasteiger partial charge in [0.1, 0.15) is 11.4 Å². The van der Waals surface area contributed by atoms with Crippen LogP contribution in [-0.4, -0.2) is 18.5 Å². The van der Waals surface area contributed by atoms with Crippen LogP contribution in [-0.2, 0) is 9.53 Å². The summed E-state index contributed by atoms with van der Waals surface area (Å²) < 4.78 is 23.8. The Bertz CT molecular complexity index is 1110. The van der Waals surface area contributed by atoms with Crippen LogP contribution in [0.25, 0.3) is 11.0 Å². The molecule has 0 bridgehead atoms. The van der Waals surface area contributed by atoms with E-state index in [1.54, 1.807) is 18.2 Å². The molecule has 1 heterocycles. The maximum absolute atomic E-state index is 13.6. The van der Waals surface area contributed by atoms with E-state index in [4.69, 9.17) is 20.8 Å². The van der Waals surface area contributed by atoms with Gasteiger partial charge in [-0.05, 0) is 37.3 Å². The molecule has 1 amide bonds. The Morgan fingerprint density at radius 3 is 2.74 bits per heavy atom. The van der Waals surface area contributed by atoms with Gasteiger partial charge in [0.05, 0.1) is 11.1 Å². The van der Waals surface area contributed by atoms with Crippen molar-refractivity contribution in [3.63, 3.8) is 0 Å². The Kier molecular flexibility index (Phi) is 5.23. The molecule has 1 aromatic heterocycles. The second-order valence-corrected chi connectivity index (χ2v) is 6.16. The molecule has 27 heavy (non-hydrogen) atoms. The zero-order valence-electron chi connectivity index (χ0n) is 14.0. The molecule has 8 heteroatoms. The molecule has 0 aliphatic carbocycles. The third kappa shape index (κ3) is 4.32. The van der Waals surface area contributed by atoms with Crippen LogP contribution in [0.5, 0.6) is 0 Å². The van der Waals surface area contributed by atoms with Gasteiger partial charge >= 0.3 is 5.97 Å². The summed E-state index contributed by atoms with van der Waals surface area (Å²) in [6.07, 6.45) is 0. The smallest absolute Gasteiger partial charge is 0.374 e. The molecule has 0 radical (unpaired) electrons. The van der Waals surface area contributed by atoms with Crippen LogP contribution in [0.3, 0.4) is 0 Å². The molecule has 3 rings (SSSR count). The Hall–Kier alpha value is -3.19. The molecule has 0 spiro atoms. The second kappa shape index (κ2) is 7.59. The summed E-state index contributed by atoms with van der Waals surface area (Å²) in [5.74, 6) is -2.78. The van der Waals surface area contributed by atoms with E-state index in [0.29, 0.717) is 5.39 Å². The molecule has 0 aliphatic rings. The monoisotopic (exact) mass is 389 g/mol. The van der Waals surface area contributed by atoms with Gasteiger partial charge in [-0.3, -0.25) is 9.59 Å². The lowest BCUT2D eigenvalue weighted by molar-refractivity contribution is -0.119. The minimum atomic E-state index is -0.990. The predicted octanol–water partition coefficient (Wildman–Crippen LogP) is 3.69. The molecule has 0 saturated heterocycles. The number of esters is 1. The molecular formula is C19H13ClFNO5. The zero-order chi connectivity index (χ0) is 19.6. The quantitative estimate of drug-likeness (QED) is 0.688. The first-order valence-corrected chi connectivity index (χ1v) is 8.18. The van der Waals surface area contributed by atoms with Crippen LogP contribution in [0.15, 0.2) is 51.7 Å². The fourth-order valence-corrected chi connectivity index (χ4v) is 2.52. The third-order valence-electron chi connectivity index (χ3n) is 3.62. The standard InChI is InChI=1S/C19H13ClFNO5/c1-10-2-5-16-12(6-10)15(23)8-17(27-16)19(25)26-9-18(24)22-14-7-11(20)3-4-13(14)21/h2-8H,9H2,1H3,(H,22,24). The number of hydrogen-bond donors (Lipinski definition) is 1. The molecular weight excluding hydrogens is 377 g/mol. The predicted molar refractivity (Wildman–Crippen MR) is 97.5 cm³/mol. The first-order chi connectivity index (χ1) is 12.8. The second-order valence-electron chi connectivity index (χ2n) is 5.72. The zero-order valence-corrected chi connectivity index (χ0v) is 14.8. The number of rotatable bonds is 4. The van der Waals surface area contributed by atoms with Gasteiger partial charge in [-0.15, -0.1) is 0 Å². The van der Waals surface area contributed by atoms with Gasteiger partial charge in [-0.2, -0.15) is 0 Å². The molecule has 3 aromatic rings. The van der Waals surface area contributed by atoms with E-state index in [1.807, 2.05) is 6.92 Å². The number of aryl methyl sites for hydroxylation is 1. The van der Waals surface area contributed by atoms with Gasteiger partial charge in [0.15, 0.2) is 12.0 Å². The number of hydrogen-bond acceptors (Lipinski definition) is 5. The van der Waals surface area contributed by atoms with Crippen LogP contribution >= 0.6 is 11.6 Å². The molecule has 1 N–H and O–H groups in total. The van der Waals surface area contributed by atoms with Gasteiger partial charge in [-0.25, -0.2) is 9.18 Å². The normalized spacial score (nSPS) is 10.6. The number of anilines is 1. The number of benzene rings is 2. The van der Waals surface area contributed by atoms with Crippen molar-refractivity contribution in [1.82, 2.24) is 0 Å². The van der Waals surface area contributed by atoms with Crippen LogP contribution in [0.2, 0.25) is 5.02 Å². The van der Waals surface area contributed by atoms with Crippen LogP contribution < -0.4 is 10.7 Å². The molecule has 0 saturated carbocycles. The van der Waals surface area contributed by atoms with E-state index in [0.717, 1.165) is 17.7 Å². The summed E-state index contributed by atoms with van der Waals surface area (Å²) in [6, 6.07) is 9.58. The maximum atomic E-state index is 13.6. The van der Waals surface area contributed by atoms with E-state index in [2.05, 4.69) is 5.32 Å². The first kappa shape index (κ1) is 18.6. The summed E-state index contributed by atoms with van der Waals surface area (Å²) in [5.41, 5.74) is 0.550. The molecule has 0 aliphatic heterocycles. The van der Waals surface area contributed by atoms with E-state index < -0.39 is 29.7 Å². The molecule has 0 unspecified atom stereocenters. The minimum absolute atomic E-state index is 0.142. The van der Waals surface area contributed by atoms with Crippen molar-refractivity contribution in [2.24, 2.45) is 0 Å². The Morgan fingerprint density at radius 2 is 1.96 bits per heavy atom. The average molecular weight is 390 g/mol. The van der Waals surface area contributed by atoms with Gasteiger partial charge in [0, 0.05) is 11.1 Å². The third-order valence-corrected chi connectivity index (χ3v) is 3.86. The van der Waals surface area contributed by atoms with Gasteiger partial charge < -0.3 is 14.5 Å². The summed E-state index contributed by atoms with van der Waals surface area (Å²) in [6.45, 7) is 1.13. The van der Waals surface area contributed by atoms with E-state index in [1.165, 1.54) is 12.1 Å². The van der Waals surface area contributed by atoms with Crippen LogP contribution in [0.4, 0.5) is 10.1 Å². The number of halogens is 2. The summed E-state index contributed by atoms with van der Waals surface area (Å²) in [7, 11) is 0. The highest BCUT2D eigenvalue weighted by Crippen LogP contribution is 2.19. The Labute approximate surface area is 157 Å². The first-order valence-electron chi connectivity index (χ1n) is 7.80. The fraction of sp³-hybridized carbons (Fsp3) is 0.105. The van der Waals surface area contributed by atoms with Crippen molar-refractivity contribution in [2.45, 2.75) is 6.92 Å². The largest absolute Gasteiger partial charge is 0.450 e. The van der Waals surface area contributed by atoms with Gasteiger partial charge in [0.25, 0.3) is 5.91 Å². The highest BCUT2D eigenvalue weighted by atomic mass is 35.5. The SMILES string of the molecule is Cc1ccc2oc(C(=O)OCC(=O)Nc3cc(Cl)ccc3F)cc(=O)c2c1. The molecule has 138 valence electrons. The Balaban J connectivity index is 1.69. The topological polar surface area (TPSA) is 85.6 Å². The lowest BCUT2D eigenvalue weighted by Crippen LogP contribution is -2.22. The number of nitrogens with one attached hydrogen (secondary N) is 1. The fourth-order valence-electron chi connectivity index (χ4n) is 2.35. The summed E-state index contributed by atoms with van der Waals surface area (Å²) >= 11 is 5.73. The number of fused-ring (bicyclic) bond motifs is 1. The number of amides is 1. The van der Waals surface area contributed by atoms with Crippen molar-refractivity contribution in [3.05, 3.63) is 74.9 Å². The molecule has 6 nitrogen and oxygen atoms in total. The number of ether oxygens (including phenoxy) is 1. The maximum Gasteiger partial charge on any atom is 0.374 e. The average Bonchev–Trinajstić information content (AvgIpc) is 2.63. The highest BCUT2D eigenvalue weighted by molar-refractivity contribution is 6.30. The van der Waals surface area contributed by atoms with Crippen LogP contribution in [0.1, 0.15) is 16.1 Å². The molecule has 2 aromatic carbocycles. The molecule has 0 atom stereocenters. The van der Waals surface area contributed by atoms with Crippen molar-refractivity contribution in [1.29, 1.82) is 0 Å². The van der Waals surface area contributed by atoms with E-state index in [-0.39, 0.29) is 22.1 Å². The van der Waals surface area contributed by atoms with Crippen molar-refractivity contribution < 1.29 is 23.1 Å². The van der Waals surface area contributed by atoms with Gasteiger partial charge in [0.2, 0.25) is 5.76 Å². The Morgan fingerprint density at radius 1 is 1.19 bits per heavy atom. The molecule has 0 fully saturated rings. The lowest BCUT2D eigenvalue weighted by Gasteiger charge is -2.08. The highest BCUT2D eigenvalue weighted by Gasteiger charge is 2.16. The summed E-state index contributed by atoms with van der Waals surface area (Å²) in [4.78, 5) is 36.0. The van der Waals surface area contributed by atoms with Gasteiger partial charge in [-0.1, -0.05) is 23.2 Å². The minimum Gasteiger partial charge on any atom is -0.450 e. The summed E-state index contributed by atoms with van der Waals surface area (Å²) in [5, 5.41) is 2.80. The van der Waals surface area contributed by atoms with Crippen molar-refractivity contribution in [3.8, 4) is 0 Å². The van der Waals surface area contributed by atoms with E-state index in [9.17, 15) is 18.8 Å². The number of carbonyl (C=O) groups is 2. The van der Waals surface area contributed by atoms with Crippen molar-refractivity contribution >= 4 is 40.1 Å².